The van der Waals surface area contributed by atoms with Gasteiger partial charge in [-0.25, -0.2) is 0 Å². The van der Waals surface area contributed by atoms with Crippen molar-refractivity contribution in [3.8, 4) is 0 Å². The number of nitrogens with one attached hydrogen (secondary N) is 2. The van der Waals surface area contributed by atoms with Gasteiger partial charge < -0.3 is 9.97 Å². The number of H-pyrrole nitrogens is 2. The number of aryl methyl sites for hydroxylation is 1. The number of aromatic nitrogens is 2. The van der Waals surface area contributed by atoms with Crippen LogP contribution in [0.4, 0.5) is 0 Å². The zero-order chi connectivity index (χ0) is 7.84. The van der Waals surface area contributed by atoms with Crippen LogP contribution in [-0.2, 0) is 16.5 Å². The number of aromatic amines is 2. The molecule has 0 fully saturated rings. The molecule has 0 aliphatic carbocycles. The van der Waals surface area contributed by atoms with E-state index < -0.39 is 0 Å². The Hall–Kier alpha value is -0.596. The van der Waals surface area contributed by atoms with Gasteiger partial charge in [-0.05, 0) is 30.8 Å². The standard InChI is InChI=1S/C8H8N2S.Ni/c1-5-3-2-4-6-7(5)10-8(11)9-6;/h2-4H,1H3,(H2,9,10,11);. The largest absolute Gasteiger partial charge is 0.331 e. The first-order valence-electron chi connectivity index (χ1n) is 3.45. The van der Waals surface area contributed by atoms with Gasteiger partial charge in [-0.3, -0.25) is 0 Å². The molecule has 0 unspecified atom stereocenters. The Morgan fingerprint density at radius 2 is 2.00 bits per heavy atom. The molecule has 0 atom stereocenters. The zero-order valence-electron chi connectivity index (χ0n) is 6.46. The van der Waals surface area contributed by atoms with Crippen LogP contribution < -0.4 is 0 Å². The summed E-state index contributed by atoms with van der Waals surface area (Å²) in [6.07, 6.45) is 0. The fourth-order valence-corrected chi connectivity index (χ4v) is 1.42. The van der Waals surface area contributed by atoms with E-state index in [1.54, 1.807) is 0 Å². The molecule has 2 rings (SSSR count). The Balaban J connectivity index is 0.000000720. The van der Waals surface area contributed by atoms with Crippen LogP contribution in [-0.4, -0.2) is 9.97 Å². The SMILES string of the molecule is Cc1cccc2[nH]c(=S)[nH]c12.[Ni]. The first kappa shape index (κ1) is 9.49. The van der Waals surface area contributed by atoms with Gasteiger partial charge >= 0.3 is 0 Å². The van der Waals surface area contributed by atoms with Crippen molar-refractivity contribution in [1.82, 2.24) is 9.97 Å². The van der Waals surface area contributed by atoms with Crippen molar-refractivity contribution < 1.29 is 16.5 Å². The third-order valence-electron chi connectivity index (χ3n) is 1.76. The number of benzene rings is 1. The van der Waals surface area contributed by atoms with Crippen molar-refractivity contribution >= 4 is 23.3 Å². The van der Waals surface area contributed by atoms with Gasteiger partial charge in [-0.15, -0.1) is 0 Å². The van der Waals surface area contributed by atoms with Crippen LogP contribution in [0.15, 0.2) is 18.2 Å². The predicted octanol–water partition coefficient (Wildman–Crippen LogP) is 2.53. The van der Waals surface area contributed by atoms with Gasteiger partial charge in [0.15, 0.2) is 4.77 Å². The van der Waals surface area contributed by atoms with E-state index in [1.807, 2.05) is 12.1 Å². The number of imidazole rings is 1. The van der Waals surface area contributed by atoms with Crippen molar-refractivity contribution in [1.29, 1.82) is 0 Å². The summed E-state index contributed by atoms with van der Waals surface area (Å²) in [4.78, 5) is 6.14. The van der Waals surface area contributed by atoms with E-state index >= 15 is 0 Å². The molecule has 0 spiro atoms. The third-order valence-corrected chi connectivity index (χ3v) is 1.96. The van der Waals surface area contributed by atoms with Crippen LogP contribution in [0.1, 0.15) is 5.56 Å². The molecule has 0 radical (unpaired) electrons. The van der Waals surface area contributed by atoms with Crippen molar-refractivity contribution in [2.75, 3.05) is 0 Å². The van der Waals surface area contributed by atoms with Gasteiger partial charge in [0.1, 0.15) is 0 Å². The molecule has 4 heteroatoms. The number of hydrogen-bond acceptors (Lipinski definition) is 1. The fraction of sp³-hybridized carbons (Fsp3) is 0.125. The number of fused-ring (bicyclic) bond motifs is 1. The summed E-state index contributed by atoms with van der Waals surface area (Å²) in [5.74, 6) is 0. The van der Waals surface area contributed by atoms with Crippen LogP contribution in [0.3, 0.4) is 0 Å². The van der Waals surface area contributed by atoms with Crippen LogP contribution in [0, 0.1) is 11.7 Å². The summed E-state index contributed by atoms with van der Waals surface area (Å²) in [6, 6.07) is 6.08. The maximum Gasteiger partial charge on any atom is 0.175 e. The maximum absolute atomic E-state index is 4.96. The van der Waals surface area contributed by atoms with E-state index in [4.69, 9.17) is 12.2 Å². The summed E-state index contributed by atoms with van der Waals surface area (Å²) in [7, 11) is 0. The van der Waals surface area contributed by atoms with Gasteiger partial charge in [0.2, 0.25) is 0 Å². The van der Waals surface area contributed by atoms with E-state index in [0.717, 1.165) is 11.0 Å². The van der Waals surface area contributed by atoms with Crippen LogP contribution in [0.5, 0.6) is 0 Å². The van der Waals surface area contributed by atoms with Gasteiger partial charge in [0.05, 0.1) is 11.0 Å². The molecule has 0 bridgehead atoms. The van der Waals surface area contributed by atoms with E-state index in [2.05, 4.69) is 23.0 Å². The van der Waals surface area contributed by atoms with E-state index in [-0.39, 0.29) is 16.5 Å². The Bertz CT molecular complexity index is 443. The number of para-hydroxylation sites is 1. The Morgan fingerprint density at radius 3 is 2.67 bits per heavy atom. The van der Waals surface area contributed by atoms with Gasteiger partial charge in [-0.1, -0.05) is 12.1 Å². The average Bonchev–Trinajstić information content (AvgIpc) is 2.31. The summed E-state index contributed by atoms with van der Waals surface area (Å²) >= 11 is 4.96. The fourth-order valence-electron chi connectivity index (χ4n) is 1.20. The minimum atomic E-state index is 0. The minimum absolute atomic E-state index is 0. The number of rotatable bonds is 0. The molecule has 12 heavy (non-hydrogen) atoms. The number of hydrogen-bond donors (Lipinski definition) is 2. The van der Waals surface area contributed by atoms with Crippen molar-refractivity contribution in [3.63, 3.8) is 0 Å². The molecule has 0 aliphatic rings. The third kappa shape index (κ3) is 1.45. The monoisotopic (exact) mass is 222 g/mol. The smallest absolute Gasteiger partial charge is 0.175 e. The molecular formula is C8H8N2NiS. The second kappa shape index (κ2) is 3.42. The predicted molar refractivity (Wildman–Crippen MR) is 48.2 cm³/mol. The normalized spacial score (nSPS) is 9.75. The topological polar surface area (TPSA) is 31.6 Å². The average molecular weight is 223 g/mol. The van der Waals surface area contributed by atoms with Crippen molar-refractivity contribution in [3.05, 3.63) is 28.5 Å². The first-order valence-corrected chi connectivity index (χ1v) is 3.86. The molecule has 1 aromatic carbocycles. The van der Waals surface area contributed by atoms with E-state index in [0.29, 0.717) is 4.77 Å². The molecular weight excluding hydrogens is 215 g/mol. The zero-order valence-corrected chi connectivity index (χ0v) is 8.26. The molecule has 2 N–H and O–H groups in total. The molecule has 66 valence electrons. The molecule has 1 heterocycles. The Morgan fingerprint density at radius 1 is 1.25 bits per heavy atom. The molecule has 0 saturated heterocycles. The van der Waals surface area contributed by atoms with Crippen molar-refractivity contribution in [2.24, 2.45) is 0 Å². The molecule has 0 aliphatic heterocycles. The first-order chi connectivity index (χ1) is 5.27. The second-order valence-corrected chi connectivity index (χ2v) is 2.98. The van der Waals surface area contributed by atoms with Crippen LogP contribution >= 0.6 is 12.2 Å². The van der Waals surface area contributed by atoms with Crippen LogP contribution in [0.25, 0.3) is 11.0 Å². The molecule has 0 amide bonds. The summed E-state index contributed by atoms with van der Waals surface area (Å²) in [5, 5.41) is 0. The Labute approximate surface area is 85.3 Å². The maximum atomic E-state index is 4.96. The van der Waals surface area contributed by atoms with Gasteiger partial charge in [-0.2, -0.15) is 0 Å². The molecule has 1 aromatic heterocycles. The summed E-state index contributed by atoms with van der Waals surface area (Å²) in [6.45, 7) is 2.06. The summed E-state index contributed by atoms with van der Waals surface area (Å²) in [5.41, 5.74) is 3.40. The van der Waals surface area contributed by atoms with Gasteiger partial charge in [0.25, 0.3) is 0 Å². The Kier molecular flexibility index (Phi) is 2.70. The molecule has 2 nitrogen and oxygen atoms in total. The van der Waals surface area contributed by atoms with E-state index in [9.17, 15) is 0 Å². The minimum Gasteiger partial charge on any atom is -0.331 e. The summed E-state index contributed by atoms with van der Waals surface area (Å²) < 4.78 is 0.689. The van der Waals surface area contributed by atoms with E-state index in [1.165, 1.54) is 5.56 Å². The molecule has 2 aromatic rings. The van der Waals surface area contributed by atoms with Crippen LogP contribution in [0.2, 0.25) is 0 Å². The van der Waals surface area contributed by atoms with Gasteiger partial charge in [0, 0.05) is 16.5 Å². The quantitative estimate of drug-likeness (QED) is 0.521. The second-order valence-electron chi connectivity index (χ2n) is 2.58. The van der Waals surface area contributed by atoms with Crippen molar-refractivity contribution in [2.45, 2.75) is 6.92 Å². The molecule has 0 saturated carbocycles.